The van der Waals surface area contributed by atoms with Gasteiger partial charge in [-0.15, -0.1) is 12.3 Å². The van der Waals surface area contributed by atoms with Crippen LogP contribution in [0, 0.1) is 12.3 Å². The minimum Gasteiger partial charge on any atom is -0.271 e. The molecule has 1 unspecified atom stereocenters. The Kier molecular flexibility index (Phi) is 8.32. The molecule has 0 aliphatic carbocycles. The molecule has 0 saturated carbocycles. The molecule has 76 valence electrons. The molecule has 3 heteroatoms. The van der Waals surface area contributed by atoms with Crippen LogP contribution >= 0.6 is 11.8 Å². The fraction of sp³-hybridized carbons (Fsp3) is 0.800. The summed E-state index contributed by atoms with van der Waals surface area (Å²) >= 11 is 1.93. The van der Waals surface area contributed by atoms with Crippen LogP contribution in [0.25, 0.3) is 0 Å². The molecule has 13 heavy (non-hydrogen) atoms. The van der Waals surface area contributed by atoms with Crippen LogP contribution in [0.15, 0.2) is 0 Å². The molecule has 0 aromatic heterocycles. The second kappa shape index (κ2) is 8.43. The minimum absolute atomic E-state index is 0.403. The Labute approximate surface area is 86.0 Å². The zero-order chi connectivity index (χ0) is 10.1. The van der Waals surface area contributed by atoms with Gasteiger partial charge in [0.05, 0.1) is 0 Å². The third-order valence-electron chi connectivity index (χ3n) is 1.74. The first-order valence-electron chi connectivity index (χ1n) is 4.72. The molecule has 0 aliphatic rings. The molecule has 0 heterocycles. The van der Waals surface area contributed by atoms with E-state index in [1.54, 1.807) is 0 Å². The number of nitrogens with two attached hydrogens (primary N) is 1. The lowest BCUT2D eigenvalue weighted by Gasteiger charge is -2.15. The van der Waals surface area contributed by atoms with Crippen molar-refractivity contribution < 1.29 is 0 Å². The van der Waals surface area contributed by atoms with Gasteiger partial charge in [0.1, 0.15) is 0 Å². The molecule has 0 aromatic carbocycles. The van der Waals surface area contributed by atoms with Gasteiger partial charge in [0, 0.05) is 18.2 Å². The van der Waals surface area contributed by atoms with Crippen molar-refractivity contribution in [2.75, 3.05) is 5.75 Å². The number of hydrazine groups is 1. The Hall–Kier alpha value is -0.170. The van der Waals surface area contributed by atoms with Crippen LogP contribution < -0.4 is 11.3 Å². The zero-order valence-electron chi connectivity index (χ0n) is 8.55. The van der Waals surface area contributed by atoms with Crippen LogP contribution in [-0.4, -0.2) is 17.0 Å². The van der Waals surface area contributed by atoms with E-state index in [1.165, 1.54) is 0 Å². The van der Waals surface area contributed by atoms with E-state index in [0.29, 0.717) is 11.3 Å². The maximum atomic E-state index is 5.43. The monoisotopic (exact) mass is 200 g/mol. The van der Waals surface area contributed by atoms with E-state index >= 15 is 0 Å². The summed E-state index contributed by atoms with van der Waals surface area (Å²) in [6, 6.07) is 0.403. The lowest BCUT2D eigenvalue weighted by Crippen LogP contribution is -2.37. The number of terminal acetylenes is 1. The first-order chi connectivity index (χ1) is 6.20. The number of hydrogen-bond donors (Lipinski definition) is 2. The molecule has 3 N–H and O–H groups in total. The molecular formula is C10H20N2S. The molecule has 0 radical (unpaired) electrons. The quantitative estimate of drug-likeness (QED) is 0.285. The summed E-state index contributed by atoms with van der Waals surface area (Å²) in [7, 11) is 0. The van der Waals surface area contributed by atoms with Crippen molar-refractivity contribution in [3.05, 3.63) is 0 Å². The van der Waals surface area contributed by atoms with E-state index in [9.17, 15) is 0 Å². The van der Waals surface area contributed by atoms with Gasteiger partial charge in [0.25, 0.3) is 0 Å². The van der Waals surface area contributed by atoms with Gasteiger partial charge in [-0.2, -0.15) is 11.8 Å². The van der Waals surface area contributed by atoms with Gasteiger partial charge < -0.3 is 0 Å². The third-order valence-corrected chi connectivity index (χ3v) is 3.00. The maximum absolute atomic E-state index is 5.43. The van der Waals surface area contributed by atoms with E-state index in [1.807, 2.05) is 11.8 Å². The normalized spacial score (nSPS) is 12.8. The standard InChI is InChI=1S/C10H20N2S/c1-4-5-6-7-10(12-11)8-13-9(2)3/h1,9-10,12H,5-8,11H2,2-3H3. The van der Waals surface area contributed by atoms with E-state index < -0.39 is 0 Å². The lowest BCUT2D eigenvalue weighted by atomic mass is 10.1. The van der Waals surface area contributed by atoms with Crippen molar-refractivity contribution >= 4 is 11.8 Å². The zero-order valence-corrected chi connectivity index (χ0v) is 9.36. The number of nitrogens with one attached hydrogen (secondary N) is 1. The Morgan fingerprint density at radius 3 is 2.69 bits per heavy atom. The van der Waals surface area contributed by atoms with Crippen molar-refractivity contribution in [3.63, 3.8) is 0 Å². The summed E-state index contributed by atoms with van der Waals surface area (Å²) in [4.78, 5) is 0. The largest absolute Gasteiger partial charge is 0.271 e. The summed E-state index contributed by atoms with van der Waals surface area (Å²) in [5, 5.41) is 0.670. The van der Waals surface area contributed by atoms with Crippen molar-refractivity contribution in [1.82, 2.24) is 5.43 Å². The molecule has 0 bridgehead atoms. The molecule has 0 fully saturated rings. The summed E-state index contributed by atoms with van der Waals surface area (Å²) in [6.07, 6.45) is 8.15. The Balaban J connectivity index is 3.46. The van der Waals surface area contributed by atoms with Gasteiger partial charge in [-0.3, -0.25) is 11.3 Å². The van der Waals surface area contributed by atoms with Crippen molar-refractivity contribution in [2.45, 2.75) is 44.4 Å². The number of thioether (sulfide) groups is 1. The molecule has 0 aromatic rings. The molecule has 0 spiro atoms. The van der Waals surface area contributed by atoms with Gasteiger partial charge in [0.15, 0.2) is 0 Å². The van der Waals surface area contributed by atoms with Crippen molar-refractivity contribution in [1.29, 1.82) is 0 Å². The van der Waals surface area contributed by atoms with E-state index in [4.69, 9.17) is 12.3 Å². The molecular weight excluding hydrogens is 180 g/mol. The molecule has 1 atom stereocenters. The first kappa shape index (κ1) is 12.8. The SMILES string of the molecule is C#CCCCC(CSC(C)C)NN. The highest BCUT2D eigenvalue weighted by Gasteiger charge is 2.06. The third kappa shape index (κ3) is 8.17. The van der Waals surface area contributed by atoms with Gasteiger partial charge in [0.2, 0.25) is 0 Å². The van der Waals surface area contributed by atoms with E-state index in [-0.39, 0.29) is 0 Å². The van der Waals surface area contributed by atoms with Crippen LogP contribution in [0.4, 0.5) is 0 Å². The molecule has 2 nitrogen and oxygen atoms in total. The van der Waals surface area contributed by atoms with Crippen LogP contribution in [0.2, 0.25) is 0 Å². The van der Waals surface area contributed by atoms with Gasteiger partial charge in [-0.25, -0.2) is 0 Å². The van der Waals surface area contributed by atoms with Gasteiger partial charge in [-0.1, -0.05) is 13.8 Å². The minimum atomic E-state index is 0.403. The molecule has 0 saturated heterocycles. The summed E-state index contributed by atoms with van der Waals surface area (Å²) in [6.45, 7) is 4.39. The van der Waals surface area contributed by atoms with E-state index in [0.717, 1.165) is 25.0 Å². The number of hydrogen-bond acceptors (Lipinski definition) is 3. The second-order valence-electron chi connectivity index (χ2n) is 3.34. The van der Waals surface area contributed by atoms with Crippen molar-refractivity contribution in [3.8, 4) is 12.3 Å². The van der Waals surface area contributed by atoms with Crippen LogP contribution in [0.5, 0.6) is 0 Å². The summed E-state index contributed by atoms with van der Waals surface area (Å²) < 4.78 is 0. The first-order valence-corrected chi connectivity index (χ1v) is 5.76. The summed E-state index contributed by atoms with van der Waals surface area (Å²) in [5.74, 6) is 9.13. The Morgan fingerprint density at radius 1 is 1.54 bits per heavy atom. The topological polar surface area (TPSA) is 38.0 Å². The Morgan fingerprint density at radius 2 is 2.23 bits per heavy atom. The van der Waals surface area contributed by atoms with Crippen molar-refractivity contribution in [2.24, 2.45) is 5.84 Å². The molecule has 0 aliphatic heterocycles. The van der Waals surface area contributed by atoms with Crippen LogP contribution in [0.3, 0.4) is 0 Å². The average molecular weight is 200 g/mol. The van der Waals surface area contributed by atoms with E-state index in [2.05, 4.69) is 25.2 Å². The fourth-order valence-electron chi connectivity index (χ4n) is 0.974. The Bertz CT molecular complexity index is 151. The van der Waals surface area contributed by atoms with Crippen LogP contribution in [0.1, 0.15) is 33.1 Å². The molecule has 0 amide bonds. The maximum Gasteiger partial charge on any atom is 0.0301 e. The molecule has 0 rings (SSSR count). The second-order valence-corrected chi connectivity index (χ2v) is 4.95. The van der Waals surface area contributed by atoms with Gasteiger partial charge in [-0.05, 0) is 18.1 Å². The fourth-order valence-corrected chi connectivity index (χ4v) is 1.85. The predicted octanol–water partition coefficient (Wildman–Crippen LogP) is 1.76. The smallest absolute Gasteiger partial charge is 0.0301 e. The average Bonchev–Trinajstić information content (AvgIpc) is 2.10. The highest BCUT2D eigenvalue weighted by atomic mass is 32.2. The summed E-state index contributed by atoms with van der Waals surface area (Å²) in [5.41, 5.74) is 2.83. The highest BCUT2D eigenvalue weighted by Crippen LogP contribution is 2.13. The highest BCUT2D eigenvalue weighted by molar-refractivity contribution is 7.99. The number of unbranched alkanes of at least 4 members (excludes halogenated alkanes) is 1. The number of rotatable bonds is 7. The van der Waals surface area contributed by atoms with Gasteiger partial charge >= 0.3 is 0 Å². The van der Waals surface area contributed by atoms with Crippen LogP contribution in [-0.2, 0) is 0 Å². The predicted molar refractivity (Wildman–Crippen MR) is 61.4 cm³/mol. The lowest BCUT2D eigenvalue weighted by molar-refractivity contribution is 0.524.